The minimum atomic E-state index is -0.902. The predicted octanol–water partition coefficient (Wildman–Crippen LogP) is 4.82. The first-order chi connectivity index (χ1) is 12.6. The molecular formula is C21H17F2NO2. The van der Waals surface area contributed by atoms with Gasteiger partial charge in [0.2, 0.25) is 0 Å². The lowest BCUT2D eigenvalue weighted by atomic mass is 10.0. The molecule has 0 saturated heterocycles. The predicted molar refractivity (Wildman–Crippen MR) is 96.6 cm³/mol. The molecule has 3 aromatic rings. The highest BCUT2D eigenvalue weighted by Gasteiger charge is 2.14. The number of methoxy groups -OCH3 is 1. The molecule has 1 amide bonds. The smallest absolute Gasteiger partial charge is 0.258 e. The number of carbonyl (C=O) groups excluding carboxylic acids is 1. The number of halogens is 2. The van der Waals surface area contributed by atoms with Crippen molar-refractivity contribution in [1.82, 2.24) is 0 Å². The lowest BCUT2D eigenvalue weighted by Crippen LogP contribution is -2.14. The van der Waals surface area contributed by atoms with E-state index in [1.807, 2.05) is 30.3 Å². The van der Waals surface area contributed by atoms with Crippen LogP contribution in [-0.2, 0) is 6.42 Å². The maximum absolute atomic E-state index is 13.8. The van der Waals surface area contributed by atoms with Crippen molar-refractivity contribution in [3.63, 3.8) is 0 Å². The fourth-order valence-corrected chi connectivity index (χ4v) is 2.68. The van der Waals surface area contributed by atoms with Gasteiger partial charge in [-0.3, -0.25) is 4.79 Å². The van der Waals surface area contributed by atoms with E-state index < -0.39 is 17.5 Å². The number of amides is 1. The molecule has 5 heteroatoms. The standard InChI is InChI=1S/C21H17F2NO2/c1-26-20-10-8-17(12-15(20)11-14-5-3-2-4-6-14)24-21(25)18-9-7-16(22)13-19(18)23/h2-10,12-13H,11H2,1H3,(H,24,25). The molecule has 0 bridgehead atoms. The van der Waals surface area contributed by atoms with Gasteiger partial charge in [0.05, 0.1) is 12.7 Å². The van der Waals surface area contributed by atoms with Crippen LogP contribution in [0, 0.1) is 11.6 Å². The Kier molecular flexibility index (Phi) is 5.27. The molecule has 0 atom stereocenters. The molecule has 0 spiro atoms. The van der Waals surface area contributed by atoms with E-state index in [2.05, 4.69) is 5.32 Å². The first kappa shape index (κ1) is 17.6. The summed E-state index contributed by atoms with van der Waals surface area (Å²) in [5.74, 6) is -1.58. The zero-order valence-electron chi connectivity index (χ0n) is 14.1. The molecule has 0 unspecified atom stereocenters. The monoisotopic (exact) mass is 353 g/mol. The number of anilines is 1. The van der Waals surface area contributed by atoms with Crippen LogP contribution in [0.15, 0.2) is 66.7 Å². The van der Waals surface area contributed by atoms with Gasteiger partial charge in [-0.2, -0.15) is 0 Å². The zero-order chi connectivity index (χ0) is 18.5. The van der Waals surface area contributed by atoms with Crippen molar-refractivity contribution < 1.29 is 18.3 Å². The summed E-state index contributed by atoms with van der Waals surface area (Å²) in [5.41, 5.74) is 2.27. The topological polar surface area (TPSA) is 38.3 Å². The quantitative estimate of drug-likeness (QED) is 0.714. The van der Waals surface area contributed by atoms with Gasteiger partial charge >= 0.3 is 0 Å². The van der Waals surface area contributed by atoms with Gasteiger partial charge < -0.3 is 10.1 Å². The minimum absolute atomic E-state index is 0.216. The molecule has 0 radical (unpaired) electrons. The summed E-state index contributed by atoms with van der Waals surface area (Å²) in [7, 11) is 1.58. The molecule has 0 heterocycles. The summed E-state index contributed by atoms with van der Waals surface area (Å²) in [6.07, 6.45) is 0.624. The highest BCUT2D eigenvalue weighted by molar-refractivity contribution is 6.04. The van der Waals surface area contributed by atoms with Crippen LogP contribution in [0.4, 0.5) is 14.5 Å². The average Bonchev–Trinajstić information content (AvgIpc) is 2.62. The van der Waals surface area contributed by atoms with E-state index in [4.69, 9.17) is 4.74 Å². The van der Waals surface area contributed by atoms with Crippen LogP contribution in [-0.4, -0.2) is 13.0 Å². The molecule has 3 rings (SSSR count). The largest absolute Gasteiger partial charge is 0.496 e. The molecule has 0 fully saturated rings. The van der Waals surface area contributed by atoms with Crippen LogP contribution < -0.4 is 10.1 Å². The molecule has 132 valence electrons. The summed E-state index contributed by atoms with van der Waals surface area (Å²) in [4.78, 5) is 12.3. The highest BCUT2D eigenvalue weighted by atomic mass is 19.1. The maximum Gasteiger partial charge on any atom is 0.258 e. The molecule has 0 aliphatic heterocycles. The van der Waals surface area contributed by atoms with E-state index in [0.29, 0.717) is 23.9 Å². The highest BCUT2D eigenvalue weighted by Crippen LogP contribution is 2.26. The van der Waals surface area contributed by atoms with E-state index in [-0.39, 0.29) is 5.56 Å². The van der Waals surface area contributed by atoms with Crippen LogP contribution >= 0.6 is 0 Å². The SMILES string of the molecule is COc1ccc(NC(=O)c2ccc(F)cc2F)cc1Cc1ccccc1. The first-order valence-corrected chi connectivity index (χ1v) is 8.04. The van der Waals surface area contributed by atoms with Crippen molar-refractivity contribution in [1.29, 1.82) is 0 Å². The van der Waals surface area contributed by atoms with Gasteiger partial charge in [-0.15, -0.1) is 0 Å². The van der Waals surface area contributed by atoms with Crippen LogP contribution in [0.5, 0.6) is 5.75 Å². The molecule has 0 aliphatic carbocycles. The van der Waals surface area contributed by atoms with Crippen LogP contribution in [0.3, 0.4) is 0 Å². The normalized spacial score (nSPS) is 10.4. The van der Waals surface area contributed by atoms with Gasteiger partial charge in [0.1, 0.15) is 17.4 Å². The van der Waals surface area contributed by atoms with E-state index in [1.165, 1.54) is 0 Å². The summed E-state index contributed by atoms with van der Waals surface area (Å²) in [6, 6.07) is 17.9. The Hall–Kier alpha value is -3.21. The minimum Gasteiger partial charge on any atom is -0.496 e. The number of benzene rings is 3. The van der Waals surface area contributed by atoms with Crippen molar-refractivity contribution in [3.8, 4) is 5.75 Å². The van der Waals surface area contributed by atoms with Crippen molar-refractivity contribution >= 4 is 11.6 Å². The Morgan fingerprint density at radius 1 is 1.00 bits per heavy atom. The molecule has 0 aromatic heterocycles. The molecule has 0 aliphatic rings. The second-order valence-corrected chi connectivity index (χ2v) is 5.77. The number of rotatable bonds is 5. The summed E-state index contributed by atoms with van der Waals surface area (Å²) in [6.45, 7) is 0. The van der Waals surface area contributed by atoms with Gasteiger partial charge in [-0.05, 0) is 35.9 Å². The van der Waals surface area contributed by atoms with Gasteiger partial charge in [0.15, 0.2) is 0 Å². The second-order valence-electron chi connectivity index (χ2n) is 5.77. The molecular weight excluding hydrogens is 336 g/mol. The Morgan fingerprint density at radius 2 is 1.77 bits per heavy atom. The molecule has 26 heavy (non-hydrogen) atoms. The molecule has 0 saturated carbocycles. The number of ether oxygens (including phenoxy) is 1. The Balaban J connectivity index is 1.84. The third kappa shape index (κ3) is 4.06. The van der Waals surface area contributed by atoms with Crippen LogP contribution in [0.25, 0.3) is 0 Å². The van der Waals surface area contributed by atoms with Crippen LogP contribution in [0.2, 0.25) is 0 Å². The van der Waals surface area contributed by atoms with Crippen LogP contribution in [0.1, 0.15) is 21.5 Å². The molecule has 1 N–H and O–H groups in total. The second kappa shape index (κ2) is 7.78. The van der Waals surface area contributed by atoms with E-state index in [9.17, 15) is 13.6 Å². The Labute approximate surface area is 150 Å². The van der Waals surface area contributed by atoms with Gasteiger partial charge in [0.25, 0.3) is 5.91 Å². The first-order valence-electron chi connectivity index (χ1n) is 8.04. The van der Waals surface area contributed by atoms with Gasteiger partial charge in [-0.1, -0.05) is 30.3 Å². The average molecular weight is 353 g/mol. The number of carbonyl (C=O) groups is 1. The Bertz CT molecular complexity index is 927. The number of hydrogen-bond donors (Lipinski definition) is 1. The van der Waals surface area contributed by atoms with E-state index >= 15 is 0 Å². The maximum atomic E-state index is 13.8. The van der Waals surface area contributed by atoms with Crippen molar-refractivity contribution in [2.24, 2.45) is 0 Å². The zero-order valence-corrected chi connectivity index (χ0v) is 14.1. The van der Waals surface area contributed by atoms with E-state index in [0.717, 1.165) is 23.3 Å². The summed E-state index contributed by atoms with van der Waals surface area (Å²) >= 11 is 0. The summed E-state index contributed by atoms with van der Waals surface area (Å²) < 4.78 is 32.1. The fraction of sp³-hybridized carbons (Fsp3) is 0.0952. The lowest BCUT2D eigenvalue weighted by Gasteiger charge is -2.12. The van der Waals surface area contributed by atoms with Crippen molar-refractivity contribution in [3.05, 3.63) is 95.1 Å². The van der Waals surface area contributed by atoms with Gasteiger partial charge in [-0.25, -0.2) is 8.78 Å². The van der Waals surface area contributed by atoms with Crippen molar-refractivity contribution in [2.75, 3.05) is 12.4 Å². The molecule has 3 nitrogen and oxygen atoms in total. The van der Waals surface area contributed by atoms with Gasteiger partial charge in [0, 0.05) is 23.7 Å². The third-order valence-electron chi connectivity index (χ3n) is 3.95. The Morgan fingerprint density at radius 3 is 2.46 bits per heavy atom. The number of nitrogens with one attached hydrogen (secondary N) is 1. The fourth-order valence-electron chi connectivity index (χ4n) is 2.68. The molecule has 3 aromatic carbocycles. The third-order valence-corrected chi connectivity index (χ3v) is 3.95. The van der Waals surface area contributed by atoms with E-state index in [1.54, 1.807) is 25.3 Å². The summed E-state index contributed by atoms with van der Waals surface area (Å²) in [5, 5.41) is 2.64. The lowest BCUT2D eigenvalue weighted by molar-refractivity contribution is 0.102. The van der Waals surface area contributed by atoms with Crippen molar-refractivity contribution in [2.45, 2.75) is 6.42 Å². The number of hydrogen-bond acceptors (Lipinski definition) is 2.